The first-order valence-corrected chi connectivity index (χ1v) is 5.66. The van der Waals surface area contributed by atoms with Crippen molar-refractivity contribution in [3.8, 4) is 0 Å². The molecule has 1 nitrogen and oxygen atoms in total. The van der Waals surface area contributed by atoms with Gasteiger partial charge in [-0.15, -0.1) is 0 Å². The van der Waals surface area contributed by atoms with E-state index in [1.165, 1.54) is 6.07 Å². The lowest BCUT2D eigenvalue weighted by Gasteiger charge is -2.14. The molecule has 0 aliphatic rings. The van der Waals surface area contributed by atoms with Crippen molar-refractivity contribution in [3.63, 3.8) is 0 Å². The van der Waals surface area contributed by atoms with Crippen LogP contribution in [0.5, 0.6) is 0 Å². The highest BCUT2D eigenvalue weighted by atomic mass is 35.5. The fourth-order valence-corrected chi connectivity index (χ4v) is 1.96. The average Bonchev–Trinajstić information content (AvgIpc) is 2.29. The maximum Gasteiger partial charge on any atom is 0.129 e. The predicted molar refractivity (Wildman–Crippen MR) is 66.7 cm³/mol. The molecule has 0 heterocycles. The van der Waals surface area contributed by atoms with Crippen molar-refractivity contribution in [2.24, 2.45) is 0 Å². The van der Waals surface area contributed by atoms with Crippen molar-refractivity contribution < 1.29 is 9.50 Å². The third kappa shape index (κ3) is 2.48. The van der Waals surface area contributed by atoms with E-state index >= 15 is 0 Å². The first-order chi connectivity index (χ1) is 8.09. The Balaban J connectivity index is 2.44. The fourth-order valence-electron chi connectivity index (χ4n) is 1.72. The SMILES string of the molecule is Cc1ccc(C(O)c2ccccc2Cl)c(F)c1. The molecule has 0 aliphatic carbocycles. The molecule has 2 aromatic carbocycles. The summed E-state index contributed by atoms with van der Waals surface area (Å²) in [5.74, 6) is -0.419. The number of aliphatic hydroxyl groups is 1. The van der Waals surface area contributed by atoms with E-state index in [9.17, 15) is 9.50 Å². The number of rotatable bonds is 2. The summed E-state index contributed by atoms with van der Waals surface area (Å²) in [5, 5.41) is 10.6. The summed E-state index contributed by atoms with van der Waals surface area (Å²) in [4.78, 5) is 0. The lowest BCUT2D eigenvalue weighted by molar-refractivity contribution is 0.215. The Labute approximate surface area is 104 Å². The van der Waals surface area contributed by atoms with Crippen LogP contribution in [0, 0.1) is 12.7 Å². The van der Waals surface area contributed by atoms with Gasteiger partial charge in [-0.3, -0.25) is 0 Å². The lowest BCUT2D eigenvalue weighted by atomic mass is 10.00. The van der Waals surface area contributed by atoms with Crippen molar-refractivity contribution in [1.29, 1.82) is 0 Å². The number of benzene rings is 2. The van der Waals surface area contributed by atoms with Gasteiger partial charge >= 0.3 is 0 Å². The number of hydrogen-bond donors (Lipinski definition) is 1. The highest BCUT2D eigenvalue weighted by Crippen LogP contribution is 2.29. The molecule has 0 aromatic heterocycles. The Morgan fingerprint density at radius 2 is 1.82 bits per heavy atom. The van der Waals surface area contributed by atoms with E-state index in [2.05, 4.69) is 0 Å². The first kappa shape index (κ1) is 12.1. The molecule has 2 aromatic rings. The van der Waals surface area contributed by atoms with Gasteiger partial charge in [0.1, 0.15) is 11.9 Å². The van der Waals surface area contributed by atoms with Gasteiger partial charge in [0.25, 0.3) is 0 Å². The molecule has 0 radical (unpaired) electrons. The van der Waals surface area contributed by atoms with Gasteiger partial charge in [0.2, 0.25) is 0 Å². The molecular formula is C14H12ClFO. The zero-order valence-corrected chi connectivity index (χ0v) is 10.1. The van der Waals surface area contributed by atoms with Crippen molar-refractivity contribution in [2.45, 2.75) is 13.0 Å². The number of aryl methyl sites for hydroxylation is 1. The van der Waals surface area contributed by atoms with Crippen LogP contribution in [0.1, 0.15) is 22.8 Å². The Morgan fingerprint density at radius 1 is 1.12 bits per heavy atom. The van der Waals surface area contributed by atoms with Crippen LogP contribution in [0.15, 0.2) is 42.5 Å². The Kier molecular flexibility index (Phi) is 3.46. The molecule has 1 unspecified atom stereocenters. The summed E-state index contributed by atoms with van der Waals surface area (Å²) in [7, 11) is 0. The summed E-state index contributed by atoms with van der Waals surface area (Å²) in [6, 6.07) is 11.6. The van der Waals surface area contributed by atoms with E-state index in [0.29, 0.717) is 10.6 Å². The third-order valence-corrected chi connectivity index (χ3v) is 2.99. The van der Waals surface area contributed by atoms with Crippen molar-refractivity contribution in [1.82, 2.24) is 0 Å². The molecule has 0 saturated heterocycles. The molecule has 0 amide bonds. The Morgan fingerprint density at radius 3 is 2.47 bits per heavy atom. The van der Waals surface area contributed by atoms with Crippen molar-refractivity contribution in [2.75, 3.05) is 0 Å². The monoisotopic (exact) mass is 250 g/mol. The second-order valence-corrected chi connectivity index (χ2v) is 4.36. The molecule has 2 rings (SSSR count). The van der Waals surface area contributed by atoms with Crippen LogP contribution < -0.4 is 0 Å². The number of hydrogen-bond acceptors (Lipinski definition) is 1. The zero-order valence-electron chi connectivity index (χ0n) is 9.32. The van der Waals surface area contributed by atoms with Crippen LogP contribution in [-0.2, 0) is 0 Å². The van der Waals surface area contributed by atoms with Gasteiger partial charge in [0.05, 0.1) is 0 Å². The molecule has 17 heavy (non-hydrogen) atoms. The molecule has 88 valence electrons. The maximum atomic E-state index is 13.7. The number of halogens is 2. The molecule has 0 fully saturated rings. The first-order valence-electron chi connectivity index (χ1n) is 5.28. The van der Waals surface area contributed by atoms with Crippen molar-refractivity contribution in [3.05, 3.63) is 70.0 Å². The minimum Gasteiger partial charge on any atom is -0.383 e. The van der Waals surface area contributed by atoms with E-state index in [1.54, 1.807) is 43.3 Å². The van der Waals surface area contributed by atoms with Crippen LogP contribution in [0.3, 0.4) is 0 Å². The third-order valence-electron chi connectivity index (χ3n) is 2.65. The van der Waals surface area contributed by atoms with Crippen molar-refractivity contribution >= 4 is 11.6 Å². The number of aliphatic hydroxyl groups excluding tert-OH is 1. The minimum atomic E-state index is -1.04. The molecule has 0 saturated carbocycles. The minimum absolute atomic E-state index is 0.240. The molecule has 1 atom stereocenters. The Hall–Kier alpha value is -1.38. The largest absolute Gasteiger partial charge is 0.383 e. The van der Waals surface area contributed by atoms with Crippen LogP contribution in [0.25, 0.3) is 0 Å². The molecule has 0 aliphatic heterocycles. The molecule has 1 N–H and O–H groups in total. The molecule has 0 bridgehead atoms. The molecule has 0 spiro atoms. The van der Waals surface area contributed by atoms with Gasteiger partial charge in [0, 0.05) is 16.1 Å². The van der Waals surface area contributed by atoms with E-state index < -0.39 is 11.9 Å². The van der Waals surface area contributed by atoms with Gasteiger partial charge in [-0.05, 0) is 24.6 Å². The summed E-state index contributed by atoms with van der Waals surface area (Å²) >= 11 is 5.97. The quantitative estimate of drug-likeness (QED) is 0.858. The standard InChI is InChI=1S/C14H12ClFO/c1-9-6-7-11(13(16)8-9)14(17)10-4-2-3-5-12(10)15/h2-8,14,17H,1H3. The second-order valence-electron chi connectivity index (χ2n) is 3.95. The highest BCUT2D eigenvalue weighted by molar-refractivity contribution is 6.31. The van der Waals surface area contributed by atoms with E-state index in [0.717, 1.165) is 5.56 Å². The van der Waals surface area contributed by atoms with Crippen LogP contribution in [0.2, 0.25) is 5.02 Å². The van der Waals surface area contributed by atoms with Gasteiger partial charge in [0.15, 0.2) is 0 Å². The highest BCUT2D eigenvalue weighted by Gasteiger charge is 2.17. The molecular weight excluding hydrogens is 239 g/mol. The fraction of sp³-hybridized carbons (Fsp3) is 0.143. The van der Waals surface area contributed by atoms with E-state index in [1.807, 2.05) is 0 Å². The summed E-state index contributed by atoms with van der Waals surface area (Å²) in [6.07, 6.45) is -1.04. The Bertz CT molecular complexity index is 539. The van der Waals surface area contributed by atoms with Gasteiger partial charge in [-0.25, -0.2) is 4.39 Å². The molecule has 3 heteroatoms. The van der Waals surface area contributed by atoms with Crippen LogP contribution in [-0.4, -0.2) is 5.11 Å². The van der Waals surface area contributed by atoms with Crippen LogP contribution in [0.4, 0.5) is 4.39 Å². The second kappa shape index (κ2) is 4.86. The zero-order chi connectivity index (χ0) is 12.4. The summed E-state index contributed by atoms with van der Waals surface area (Å²) in [6.45, 7) is 1.80. The summed E-state index contributed by atoms with van der Waals surface area (Å²) < 4.78 is 13.7. The van der Waals surface area contributed by atoms with E-state index in [-0.39, 0.29) is 5.56 Å². The average molecular weight is 251 g/mol. The van der Waals surface area contributed by atoms with Gasteiger partial charge in [-0.2, -0.15) is 0 Å². The maximum absolute atomic E-state index is 13.7. The smallest absolute Gasteiger partial charge is 0.129 e. The lowest BCUT2D eigenvalue weighted by Crippen LogP contribution is -2.03. The topological polar surface area (TPSA) is 20.2 Å². The predicted octanol–water partition coefficient (Wildman–Crippen LogP) is 3.87. The normalized spacial score (nSPS) is 12.5. The van der Waals surface area contributed by atoms with Crippen LogP contribution >= 0.6 is 11.6 Å². The van der Waals surface area contributed by atoms with E-state index in [4.69, 9.17) is 11.6 Å². The van der Waals surface area contributed by atoms with Gasteiger partial charge < -0.3 is 5.11 Å². The van der Waals surface area contributed by atoms with Gasteiger partial charge in [-0.1, -0.05) is 41.9 Å². The summed E-state index contributed by atoms with van der Waals surface area (Å²) in [5.41, 5.74) is 1.57.